The molecule has 2 fully saturated rings. The molecule has 0 unspecified atom stereocenters. The Balaban J connectivity index is 1.80. The molecule has 2 heterocycles. The first-order valence-electron chi connectivity index (χ1n) is 8.65. The molecule has 2 aliphatic rings. The molecule has 9 heteroatoms. The number of nitrogens with zero attached hydrogens (tertiary/aromatic N) is 2. The first-order chi connectivity index (χ1) is 11.7. The van der Waals surface area contributed by atoms with E-state index in [1.165, 1.54) is 0 Å². The summed E-state index contributed by atoms with van der Waals surface area (Å²) in [7, 11) is 0. The van der Waals surface area contributed by atoms with Crippen molar-refractivity contribution in [2.75, 3.05) is 26.2 Å². The maximum Gasteiger partial charge on any atom is 0.471 e. The van der Waals surface area contributed by atoms with E-state index in [9.17, 15) is 27.6 Å². The number of carbonyl (C=O) groups is 3. The molecule has 0 radical (unpaired) electrons. The van der Waals surface area contributed by atoms with Crippen LogP contribution in [0.5, 0.6) is 0 Å². The van der Waals surface area contributed by atoms with Crippen LogP contribution in [0.1, 0.15) is 39.0 Å². The van der Waals surface area contributed by atoms with Crippen molar-refractivity contribution in [3.8, 4) is 0 Å². The van der Waals surface area contributed by atoms with Crippen molar-refractivity contribution in [1.82, 2.24) is 15.1 Å². The molecule has 2 aliphatic heterocycles. The zero-order valence-corrected chi connectivity index (χ0v) is 14.3. The molecule has 1 N–H and O–H groups in total. The van der Waals surface area contributed by atoms with E-state index in [-0.39, 0.29) is 37.7 Å². The van der Waals surface area contributed by atoms with E-state index in [4.69, 9.17) is 0 Å². The Hall–Kier alpha value is -1.80. The highest BCUT2D eigenvalue weighted by atomic mass is 19.4. The lowest BCUT2D eigenvalue weighted by Crippen LogP contribution is -2.52. The fraction of sp³-hybridized carbons (Fsp3) is 0.812. The highest BCUT2D eigenvalue weighted by molar-refractivity contribution is 5.88. The number of halogens is 3. The van der Waals surface area contributed by atoms with E-state index in [1.54, 1.807) is 11.8 Å². The van der Waals surface area contributed by atoms with Crippen LogP contribution in [0.25, 0.3) is 0 Å². The molecule has 0 aliphatic carbocycles. The van der Waals surface area contributed by atoms with Gasteiger partial charge in [0.15, 0.2) is 0 Å². The summed E-state index contributed by atoms with van der Waals surface area (Å²) < 4.78 is 37.2. The maximum atomic E-state index is 12.4. The van der Waals surface area contributed by atoms with Gasteiger partial charge in [-0.05, 0) is 39.0 Å². The largest absolute Gasteiger partial charge is 0.471 e. The molecule has 2 rings (SSSR count). The molecule has 0 aromatic rings. The summed E-state index contributed by atoms with van der Waals surface area (Å²) in [6.45, 7) is 2.79. The van der Waals surface area contributed by atoms with Crippen molar-refractivity contribution in [1.29, 1.82) is 0 Å². The normalized spacial score (nSPS) is 21.0. The summed E-state index contributed by atoms with van der Waals surface area (Å²) in [5, 5.41) is 2.67. The predicted octanol–water partition coefficient (Wildman–Crippen LogP) is 1.30. The summed E-state index contributed by atoms with van der Waals surface area (Å²) in [6.07, 6.45) is -1.54. The number of hydrogen-bond acceptors (Lipinski definition) is 3. The van der Waals surface area contributed by atoms with Gasteiger partial charge in [0.2, 0.25) is 11.8 Å². The third-order valence-corrected chi connectivity index (χ3v) is 4.79. The van der Waals surface area contributed by atoms with E-state index < -0.39 is 24.0 Å². The minimum Gasteiger partial charge on any atom is -0.344 e. The van der Waals surface area contributed by atoms with Crippen LogP contribution in [0.15, 0.2) is 0 Å². The van der Waals surface area contributed by atoms with Crippen LogP contribution in [0, 0.1) is 5.92 Å². The molecule has 0 saturated carbocycles. The van der Waals surface area contributed by atoms with Crippen molar-refractivity contribution >= 4 is 17.7 Å². The zero-order valence-electron chi connectivity index (χ0n) is 14.3. The van der Waals surface area contributed by atoms with Crippen molar-refractivity contribution in [3.05, 3.63) is 0 Å². The molecular weight excluding hydrogens is 339 g/mol. The van der Waals surface area contributed by atoms with Gasteiger partial charge in [0, 0.05) is 32.1 Å². The molecule has 2 saturated heterocycles. The van der Waals surface area contributed by atoms with Crippen LogP contribution < -0.4 is 5.32 Å². The van der Waals surface area contributed by atoms with Crippen molar-refractivity contribution in [3.63, 3.8) is 0 Å². The molecule has 142 valence electrons. The molecule has 0 aromatic carbocycles. The van der Waals surface area contributed by atoms with Gasteiger partial charge in [0.1, 0.15) is 6.04 Å². The predicted molar refractivity (Wildman–Crippen MR) is 83.4 cm³/mol. The van der Waals surface area contributed by atoms with Crippen LogP contribution >= 0.6 is 0 Å². The topological polar surface area (TPSA) is 69.7 Å². The van der Waals surface area contributed by atoms with Gasteiger partial charge in [0.25, 0.3) is 0 Å². The minimum atomic E-state index is -4.88. The second-order valence-corrected chi connectivity index (χ2v) is 6.68. The monoisotopic (exact) mass is 363 g/mol. The fourth-order valence-electron chi connectivity index (χ4n) is 3.31. The van der Waals surface area contributed by atoms with Crippen LogP contribution in [-0.2, 0) is 14.4 Å². The van der Waals surface area contributed by atoms with Crippen LogP contribution in [0.4, 0.5) is 13.2 Å². The fourth-order valence-corrected chi connectivity index (χ4v) is 3.31. The number of rotatable bonds is 3. The first-order valence-corrected chi connectivity index (χ1v) is 8.65. The number of likely N-dealkylation sites (tertiary alicyclic amines) is 2. The standard InChI is InChI=1S/C16H24F3N3O3/c1-11(14(24)21-7-3-2-4-8-21)20-13(23)12-5-9-22(10-6-12)15(25)16(17,18)19/h11-12H,2-10H2,1H3,(H,20,23)/t11-/m1/s1. The first kappa shape index (κ1) is 19.5. The summed E-state index contributed by atoms with van der Waals surface area (Å²) in [6, 6.07) is -0.652. The average Bonchev–Trinajstić information content (AvgIpc) is 2.60. The van der Waals surface area contributed by atoms with Gasteiger partial charge in [-0.15, -0.1) is 0 Å². The summed E-state index contributed by atoms with van der Waals surface area (Å²) >= 11 is 0. The molecule has 25 heavy (non-hydrogen) atoms. The van der Waals surface area contributed by atoms with Crippen LogP contribution in [0.2, 0.25) is 0 Å². The summed E-state index contributed by atoms with van der Waals surface area (Å²) in [4.78, 5) is 38.2. The van der Waals surface area contributed by atoms with E-state index in [0.29, 0.717) is 13.1 Å². The number of hydrogen-bond donors (Lipinski definition) is 1. The number of nitrogens with one attached hydrogen (secondary N) is 1. The Morgan fingerprint density at radius 3 is 2.04 bits per heavy atom. The third kappa shape index (κ3) is 5.09. The van der Waals surface area contributed by atoms with Gasteiger partial charge in [-0.2, -0.15) is 13.2 Å². The lowest BCUT2D eigenvalue weighted by Gasteiger charge is -2.33. The van der Waals surface area contributed by atoms with Gasteiger partial charge in [-0.1, -0.05) is 0 Å². The highest BCUT2D eigenvalue weighted by Crippen LogP contribution is 2.24. The third-order valence-electron chi connectivity index (χ3n) is 4.79. The molecule has 1 atom stereocenters. The van der Waals surface area contributed by atoms with Gasteiger partial charge in [-0.25, -0.2) is 0 Å². The van der Waals surface area contributed by atoms with Crippen LogP contribution in [-0.4, -0.2) is 65.9 Å². The van der Waals surface area contributed by atoms with Crippen molar-refractivity contribution in [2.45, 2.75) is 51.2 Å². The smallest absolute Gasteiger partial charge is 0.344 e. The SMILES string of the molecule is C[C@@H](NC(=O)C1CCN(C(=O)C(F)(F)F)CC1)C(=O)N1CCCCC1. The summed E-state index contributed by atoms with van der Waals surface area (Å²) in [5.41, 5.74) is 0. The lowest BCUT2D eigenvalue weighted by atomic mass is 9.95. The number of carbonyl (C=O) groups excluding carboxylic acids is 3. The van der Waals surface area contributed by atoms with E-state index in [1.807, 2.05) is 0 Å². The average molecular weight is 363 g/mol. The quantitative estimate of drug-likeness (QED) is 0.822. The highest BCUT2D eigenvalue weighted by Gasteiger charge is 2.43. The second kappa shape index (κ2) is 8.05. The van der Waals surface area contributed by atoms with E-state index in [0.717, 1.165) is 24.2 Å². The minimum absolute atomic E-state index is 0.106. The van der Waals surface area contributed by atoms with Crippen molar-refractivity contribution < 1.29 is 27.6 Å². The molecular formula is C16H24F3N3O3. The molecule has 3 amide bonds. The Labute approximate surface area is 144 Å². The zero-order chi connectivity index (χ0) is 18.6. The van der Waals surface area contributed by atoms with Gasteiger partial charge in [0.05, 0.1) is 0 Å². The molecule has 0 spiro atoms. The number of alkyl halides is 3. The van der Waals surface area contributed by atoms with Gasteiger partial charge < -0.3 is 15.1 Å². The number of amides is 3. The Bertz CT molecular complexity index is 510. The molecule has 0 bridgehead atoms. The van der Waals surface area contributed by atoms with Gasteiger partial charge in [-0.3, -0.25) is 14.4 Å². The van der Waals surface area contributed by atoms with E-state index in [2.05, 4.69) is 5.32 Å². The maximum absolute atomic E-state index is 12.4. The molecule has 6 nitrogen and oxygen atoms in total. The number of piperidine rings is 2. The van der Waals surface area contributed by atoms with Crippen molar-refractivity contribution in [2.24, 2.45) is 5.92 Å². The lowest BCUT2D eigenvalue weighted by molar-refractivity contribution is -0.186. The van der Waals surface area contributed by atoms with Crippen LogP contribution in [0.3, 0.4) is 0 Å². The van der Waals surface area contributed by atoms with E-state index >= 15 is 0 Å². The molecule has 0 aromatic heterocycles. The Morgan fingerprint density at radius 2 is 1.52 bits per heavy atom. The summed E-state index contributed by atoms with van der Waals surface area (Å²) in [5.74, 6) is -2.80. The van der Waals surface area contributed by atoms with Gasteiger partial charge >= 0.3 is 12.1 Å². The Morgan fingerprint density at radius 1 is 0.960 bits per heavy atom. The second-order valence-electron chi connectivity index (χ2n) is 6.68. The Kier molecular flexibility index (Phi) is 6.29.